The molecule has 0 radical (unpaired) electrons. The SMILES string of the molecule is BrC(Br)C(Br)(Br)C(Br)(Br)C(Br)(C(Br)(Br)Br)C(Br)(Br)Br. The van der Waals surface area contributed by atoms with E-state index >= 15 is 0 Å². The van der Waals surface area contributed by atoms with Gasteiger partial charge in [0.25, 0.3) is 0 Å². The molecule has 0 N–H and O–H groups in total. The maximum absolute atomic E-state index is 3.78. The molecule has 0 nitrogen and oxygen atoms in total. The van der Waals surface area contributed by atoms with Gasteiger partial charge in [0, 0.05) is 0 Å². The lowest BCUT2D eigenvalue weighted by Crippen LogP contribution is -2.65. The molecule has 0 unspecified atom stereocenters. The first-order valence-electron chi connectivity index (χ1n) is 3.80. The van der Waals surface area contributed by atoms with Gasteiger partial charge in [0.2, 0.25) is 0 Å². The second-order valence-corrected chi connectivity index (χ2v) is 27.9. The van der Waals surface area contributed by atoms with Gasteiger partial charge in [-0.1, -0.05) is 207 Å². The van der Waals surface area contributed by atoms with E-state index in [-0.39, 0.29) is 3.74 Å². The van der Waals surface area contributed by atoms with Gasteiger partial charge in [0.05, 0.1) is 3.74 Å². The Kier molecular flexibility index (Phi) is 11.3. The van der Waals surface area contributed by atoms with Crippen molar-refractivity contribution >= 4 is 207 Å². The molecular weight excluding hydrogens is 1110 g/mol. The number of rotatable bonds is 3. The fourth-order valence-electron chi connectivity index (χ4n) is 0.883. The lowest BCUT2D eigenvalue weighted by Gasteiger charge is -2.54. The van der Waals surface area contributed by atoms with Crippen LogP contribution in [0, 0.1) is 0 Å². The van der Waals surface area contributed by atoms with Crippen LogP contribution < -0.4 is 0 Å². The van der Waals surface area contributed by atoms with Gasteiger partial charge >= 0.3 is 0 Å². The third-order valence-corrected chi connectivity index (χ3v) is 22.0. The summed E-state index contributed by atoms with van der Waals surface area (Å²) >= 11 is 47.1. The Labute approximate surface area is 221 Å². The normalized spacial score (nSPS) is 16.1. The quantitative estimate of drug-likeness (QED) is 0.247. The van der Waals surface area contributed by atoms with Crippen molar-refractivity contribution in [1.82, 2.24) is 0 Å². The largest absolute Gasteiger partial charge is 0.155 e. The van der Waals surface area contributed by atoms with Crippen LogP contribution in [0.25, 0.3) is 0 Å². The van der Waals surface area contributed by atoms with Gasteiger partial charge < -0.3 is 0 Å². The highest BCUT2D eigenvalue weighted by molar-refractivity contribution is 9.42. The molecule has 0 heterocycles. The van der Waals surface area contributed by atoms with Gasteiger partial charge in [-0.05, 0) is 0 Å². The van der Waals surface area contributed by atoms with Crippen molar-refractivity contribution in [2.75, 3.05) is 0 Å². The van der Waals surface area contributed by atoms with Gasteiger partial charge in [-0.3, -0.25) is 0 Å². The summed E-state index contributed by atoms with van der Waals surface area (Å²) in [5.41, 5.74) is 0. The van der Waals surface area contributed by atoms with Crippen LogP contribution in [0.3, 0.4) is 0 Å². The first-order valence-corrected chi connectivity index (χ1v) is 14.4. The van der Waals surface area contributed by atoms with Crippen LogP contribution in [0.1, 0.15) is 0 Å². The minimum Gasteiger partial charge on any atom is -0.0758 e. The Morgan fingerprint density at radius 1 is 0.526 bits per heavy atom. The zero-order valence-corrected chi connectivity index (χ0v) is 28.6. The van der Waals surface area contributed by atoms with E-state index in [2.05, 4.69) is 207 Å². The lowest BCUT2D eigenvalue weighted by atomic mass is 10.1. The van der Waals surface area contributed by atoms with E-state index in [1.165, 1.54) is 0 Å². The van der Waals surface area contributed by atoms with Crippen LogP contribution in [-0.2, 0) is 0 Å². The van der Waals surface area contributed by atoms with E-state index in [0.717, 1.165) is 0 Å². The van der Waals surface area contributed by atoms with Crippen molar-refractivity contribution < 1.29 is 0 Å². The zero-order chi connectivity index (χ0) is 16.1. The van der Waals surface area contributed by atoms with Crippen LogP contribution in [0.2, 0.25) is 0 Å². The van der Waals surface area contributed by atoms with Crippen LogP contribution in [0.4, 0.5) is 0 Å². The van der Waals surface area contributed by atoms with Crippen molar-refractivity contribution in [1.29, 1.82) is 0 Å². The molecule has 0 saturated carbocycles. The number of halogens is 13. The van der Waals surface area contributed by atoms with E-state index in [0.29, 0.717) is 0 Å². The lowest BCUT2D eigenvalue weighted by molar-refractivity contribution is 0.607. The average molecular weight is 1110 g/mol. The molecule has 0 fully saturated rings. The third kappa shape index (κ3) is 5.15. The van der Waals surface area contributed by atoms with Crippen LogP contribution in [0.15, 0.2) is 0 Å². The number of alkyl halides is 13. The molecule has 0 amide bonds. The highest BCUT2D eigenvalue weighted by Crippen LogP contribution is 2.74. The number of hydrogen-bond acceptors (Lipinski definition) is 0. The second-order valence-electron chi connectivity index (χ2n) is 3.15. The highest BCUT2D eigenvalue weighted by Gasteiger charge is 2.73. The van der Waals surface area contributed by atoms with E-state index in [9.17, 15) is 0 Å². The summed E-state index contributed by atoms with van der Waals surface area (Å²) in [7, 11) is 0. The monoisotopic (exact) mass is 1100 g/mol. The summed E-state index contributed by atoms with van der Waals surface area (Å²) in [6.45, 7) is 0. The molecule has 0 spiro atoms. The highest BCUT2D eigenvalue weighted by atomic mass is 80.0. The molecule has 0 aliphatic heterocycles. The maximum atomic E-state index is 3.78. The molecule has 0 rings (SSSR count). The van der Waals surface area contributed by atoms with Gasteiger partial charge in [-0.25, -0.2) is 0 Å². The Morgan fingerprint density at radius 2 is 0.789 bits per heavy atom. The molecule has 0 aromatic rings. The van der Waals surface area contributed by atoms with Crippen molar-refractivity contribution in [3.05, 3.63) is 0 Å². The molecular formula is C6HBr13. The minimum atomic E-state index is -0.771. The predicted molar refractivity (Wildman–Crippen MR) is 133 cm³/mol. The minimum absolute atomic E-state index is 0.118. The van der Waals surface area contributed by atoms with Crippen molar-refractivity contribution in [3.63, 3.8) is 0 Å². The summed E-state index contributed by atoms with van der Waals surface area (Å²) in [4.78, 5) is 0. The Hall–Kier alpha value is 6.24. The first-order chi connectivity index (χ1) is 7.94. The molecule has 0 atom stereocenters. The van der Waals surface area contributed by atoms with Crippen LogP contribution in [0.5, 0.6) is 0 Å². The predicted octanol–water partition coefficient (Wildman–Crippen LogP) is 9.89. The van der Waals surface area contributed by atoms with Crippen molar-refractivity contribution in [3.8, 4) is 0 Å². The Bertz CT molecular complexity index is 305. The first kappa shape index (κ1) is 25.2. The molecule has 13 heteroatoms. The molecule has 116 valence electrons. The summed E-state index contributed by atoms with van der Waals surface area (Å²) in [6, 6.07) is 0. The molecule has 0 aromatic carbocycles. The standard InChI is InChI=1S/C6HBr13/c7-1(8)2(9,10)4(12,13)3(11,5(14,15)16)6(17,18)19/h1H. The second kappa shape index (κ2) is 8.50. The van der Waals surface area contributed by atoms with Gasteiger partial charge in [0.15, 0.2) is 4.29 Å². The van der Waals surface area contributed by atoms with Crippen LogP contribution >= 0.6 is 207 Å². The molecule has 0 aliphatic rings. The van der Waals surface area contributed by atoms with E-state index in [1.54, 1.807) is 0 Å². The fourth-order valence-corrected chi connectivity index (χ4v) is 15.0. The van der Waals surface area contributed by atoms with E-state index < -0.39 is 15.1 Å². The smallest absolute Gasteiger partial charge is 0.0758 e. The van der Waals surface area contributed by atoms with Crippen molar-refractivity contribution in [2.24, 2.45) is 0 Å². The molecule has 0 bridgehead atoms. The van der Waals surface area contributed by atoms with E-state index in [4.69, 9.17) is 0 Å². The molecule has 0 saturated heterocycles. The average Bonchev–Trinajstić information content (AvgIpc) is 2.11. The summed E-state index contributed by atoms with van der Waals surface area (Å²) in [5.74, 6) is 0. The summed E-state index contributed by atoms with van der Waals surface area (Å²) in [5, 5.41) is 0. The van der Waals surface area contributed by atoms with Crippen LogP contribution in [-0.4, -0.2) is 18.8 Å². The summed E-state index contributed by atoms with van der Waals surface area (Å²) in [6.07, 6.45) is 0. The van der Waals surface area contributed by atoms with E-state index in [1.807, 2.05) is 0 Å². The number of hydrogen-bond donors (Lipinski definition) is 0. The zero-order valence-electron chi connectivity index (χ0n) is 7.99. The molecule has 0 aromatic heterocycles. The Balaban J connectivity index is 6.22. The molecule has 19 heavy (non-hydrogen) atoms. The third-order valence-electron chi connectivity index (χ3n) is 1.91. The Morgan fingerprint density at radius 3 is 0.947 bits per heavy atom. The van der Waals surface area contributed by atoms with Gasteiger partial charge in [0.1, 0.15) is 10.8 Å². The maximum Gasteiger partial charge on any atom is 0.155 e. The van der Waals surface area contributed by atoms with Gasteiger partial charge in [-0.15, -0.1) is 0 Å². The summed E-state index contributed by atoms with van der Waals surface area (Å²) < 4.78 is -3.72. The molecule has 0 aliphatic carbocycles. The topological polar surface area (TPSA) is 0 Å². The fraction of sp³-hybridized carbons (Fsp3) is 1.00. The van der Waals surface area contributed by atoms with Gasteiger partial charge in [-0.2, -0.15) is 0 Å². The van der Waals surface area contributed by atoms with Crippen molar-refractivity contribution in [2.45, 2.75) is 18.8 Å².